The molecule has 5 aliphatic rings. The summed E-state index contributed by atoms with van der Waals surface area (Å²) in [5.41, 5.74) is 6.76. The van der Waals surface area contributed by atoms with Crippen LogP contribution in [0.25, 0.3) is 10.9 Å². The Kier molecular flexibility index (Phi) is 6.40. The van der Waals surface area contributed by atoms with Crippen LogP contribution in [-0.2, 0) is 12.8 Å². The van der Waals surface area contributed by atoms with Crippen molar-refractivity contribution < 1.29 is 4.39 Å². The topological polar surface area (TPSA) is 37.0 Å². The molecule has 2 saturated carbocycles. The summed E-state index contributed by atoms with van der Waals surface area (Å²) in [5.74, 6) is 0.732. The molecule has 3 aromatic rings. The van der Waals surface area contributed by atoms with Gasteiger partial charge in [-0.3, -0.25) is 4.98 Å². The molecule has 1 heterocycles. The van der Waals surface area contributed by atoms with Crippen molar-refractivity contribution in [3.63, 3.8) is 0 Å². The second-order valence-corrected chi connectivity index (χ2v) is 13.1. The Labute approximate surface area is 231 Å². The number of alkyl halides is 1. The van der Waals surface area contributed by atoms with E-state index in [2.05, 4.69) is 41.0 Å². The number of fused-ring (bicyclic) bond motifs is 2. The fraction of sp³-hybridized carbons (Fsp3) is 0.545. The lowest BCUT2D eigenvalue weighted by molar-refractivity contribution is -0.0127. The number of aromatic nitrogens is 1. The van der Waals surface area contributed by atoms with Gasteiger partial charge in [0.25, 0.3) is 0 Å². The maximum absolute atomic E-state index is 16.0. The van der Waals surface area contributed by atoms with Gasteiger partial charge in [0.15, 0.2) is 0 Å². The first kappa shape index (κ1) is 24.8. The van der Waals surface area contributed by atoms with E-state index in [1.165, 1.54) is 52.7 Å². The molecule has 3 unspecified atom stereocenters. The summed E-state index contributed by atoms with van der Waals surface area (Å²) in [5, 5.41) is 9.65. The van der Waals surface area contributed by atoms with E-state index in [1.807, 2.05) is 12.1 Å². The minimum Gasteiger partial charge on any atom is -0.384 e. The van der Waals surface area contributed by atoms with Crippen molar-refractivity contribution in [1.82, 2.24) is 10.3 Å². The normalized spacial score (nSPS) is 29.2. The predicted molar refractivity (Wildman–Crippen MR) is 155 cm³/mol. The van der Waals surface area contributed by atoms with Gasteiger partial charge < -0.3 is 10.6 Å². The maximum Gasteiger partial charge on any atom is 0.114 e. The molecular formula is C33H39ClFN3. The van der Waals surface area contributed by atoms with Crippen LogP contribution in [0.1, 0.15) is 98.4 Å². The first-order valence-electron chi connectivity index (χ1n) is 14.9. The molecule has 1 aromatic heterocycles. The lowest BCUT2D eigenvalue weighted by Crippen LogP contribution is -2.58. The van der Waals surface area contributed by atoms with Crippen LogP contribution in [0.5, 0.6) is 0 Å². The van der Waals surface area contributed by atoms with E-state index in [1.54, 1.807) is 0 Å². The molecule has 0 saturated heterocycles. The number of hydrogen-bond donors (Lipinski definition) is 2. The highest BCUT2D eigenvalue weighted by atomic mass is 35.5. The van der Waals surface area contributed by atoms with Crippen LogP contribution in [-0.4, -0.2) is 29.3 Å². The number of halogens is 2. The summed E-state index contributed by atoms with van der Waals surface area (Å²) in [6, 6.07) is 14.9. The largest absolute Gasteiger partial charge is 0.384 e. The van der Waals surface area contributed by atoms with E-state index in [9.17, 15) is 0 Å². The molecule has 2 aromatic carbocycles. The van der Waals surface area contributed by atoms with Crippen LogP contribution in [0.2, 0.25) is 5.02 Å². The molecule has 2 N–H and O–H groups in total. The van der Waals surface area contributed by atoms with Gasteiger partial charge in [-0.15, -0.1) is 0 Å². The van der Waals surface area contributed by atoms with Crippen molar-refractivity contribution in [2.45, 2.75) is 100 Å². The Hall–Kier alpha value is -2.17. The second-order valence-electron chi connectivity index (χ2n) is 12.6. The zero-order chi connectivity index (χ0) is 25.7. The zero-order valence-electron chi connectivity index (χ0n) is 22.3. The fourth-order valence-electron chi connectivity index (χ4n) is 8.53. The number of anilines is 1. The Morgan fingerprint density at radius 2 is 1.63 bits per heavy atom. The minimum atomic E-state index is -1.00. The zero-order valence-corrected chi connectivity index (χ0v) is 23.1. The molecule has 3 nitrogen and oxygen atoms in total. The number of pyridine rings is 1. The number of aryl methyl sites for hydroxylation is 1. The third kappa shape index (κ3) is 4.52. The summed E-state index contributed by atoms with van der Waals surface area (Å²) in [7, 11) is 0. The summed E-state index contributed by atoms with van der Waals surface area (Å²) < 4.78 is 16.0. The number of nitrogens with zero attached hydrogens (tertiary/aromatic N) is 1. The predicted octanol–water partition coefficient (Wildman–Crippen LogP) is 8.24. The van der Waals surface area contributed by atoms with Gasteiger partial charge in [0.2, 0.25) is 0 Å². The van der Waals surface area contributed by atoms with Crippen molar-refractivity contribution in [3.8, 4) is 0 Å². The van der Waals surface area contributed by atoms with Gasteiger partial charge in [-0.05, 0) is 124 Å². The van der Waals surface area contributed by atoms with E-state index in [4.69, 9.17) is 16.6 Å². The molecular weight excluding hydrogens is 493 g/mol. The SMILES string of the molecule is FC12CC3CC(NCCCCCNc4c5c(nc6cc(Cl)ccc46)CCCC5)(C[C@H](C1)c1ccccc13)C2. The minimum absolute atomic E-state index is 0.0336. The van der Waals surface area contributed by atoms with Crippen molar-refractivity contribution in [2.24, 2.45) is 0 Å². The Morgan fingerprint density at radius 1 is 0.895 bits per heavy atom. The van der Waals surface area contributed by atoms with E-state index in [0.29, 0.717) is 18.3 Å². The van der Waals surface area contributed by atoms with Crippen LogP contribution in [0.3, 0.4) is 0 Å². The van der Waals surface area contributed by atoms with Crippen molar-refractivity contribution in [1.29, 1.82) is 0 Å². The second kappa shape index (κ2) is 9.78. The number of hydrogen-bond acceptors (Lipinski definition) is 3. The van der Waals surface area contributed by atoms with Gasteiger partial charge in [-0.1, -0.05) is 42.3 Å². The molecule has 0 aliphatic heterocycles. The van der Waals surface area contributed by atoms with E-state index < -0.39 is 5.67 Å². The summed E-state index contributed by atoms with van der Waals surface area (Å²) in [6.07, 6.45) is 12.4. The lowest BCUT2D eigenvalue weighted by atomic mass is 9.61. The van der Waals surface area contributed by atoms with Gasteiger partial charge in [0.05, 0.1) is 5.52 Å². The Morgan fingerprint density at radius 3 is 2.42 bits per heavy atom. The van der Waals surface area contributed by atoms with Gasteiger partial charge in [-0.2, -0.15) is 0 Å². The third-order valence-electron chi connectivity index (χ3n) is 9.91. The van der Waals surface area contributed by atoms with Crippen LogP contribution in [0, 0.1) is 0 Å². The molecule has 200 valence electrons. The van der Waals surface area contributed by atoms with Gasteiger partial charge in [0, 0.05) is 33.9 Å². The Balaban J connectivity index is 0.958. The molecule has 0 amide bonds. The van der Waals surface area contributed by atoms with Crippen LogP contribution < -0.4 is 10.6 Å². The first-order valence-corrected chi connectivity index (χ1v) is 15.3. The summed E-state index contributed by atoms with van der Waals surface area (Å²) in [4.78, 5) is 4.95. The highest BCUT2D eigenvalue weighted by molar-refractivity contribution is 6.31. The highest BCUT2D eigenvalue weighted by Crippen LogP contribution is 2.60. The van der Waals surface area contributed by atoms with E-state index in [0.717, 1.165) is 75.0 Å². The highest BCUT2D eigenvalue weighted by Gasteiger charge is 2.57. The Bertz CT molecular complexity index is 1320. The molecule has 4 atom stereocenters. The van der Waals surface area contributed by atoms with Crippen LogP contribution in [0.15, 0.2) is 42.5 Å². The molecule has 8 rings (SSSR count). The molecule has 38 heavy (non-hydrogen) atoms. The van der Waals surface area contributed by atoms with Crippen LogP contribution in [0.4, 0.5) is 10.1 Å². The average molecular weight is 532 g/mol. The lowest BCUT2D eigenvalue weighted by Gasteiger charge is -2.52. The molecule has 0 spiro atoms. The van der Waals surface area contributed by atoms with Crippen molar-refractivity contribution in [2.75, 3.05) is 18.4 Å². The number of rotatable bonds is 8. The van der Waals surface area contributed by atoms with Gasteiger partial charge in [-0.25, -0.2) is 4.39 Å². The molecule has 2 fully saturated rings. The summed E-state index contributed by atoms with van der Waals surface area (Å²) in [6.45, 7) is 1.95. The van der Waals surface area contributed by atoms with E-state index in [-0.39, 0.29) is 5.54 Å². The van der Waals surface area contributed by atoms with Crippen molar-refractivity contribution >= 4 is 28.2 Å². The molecule has 5 heteroatoms. The molecule has 4 bridgehead atoms. The number of nitrogens with one attached hydrogen (secondary N) is 2. The number of benzene rings is 2. The number of unbranched alkanes of at least 4 members (excludes halogenated alkanes) is 2. The smallest absolute Gasteiger partial charge is 0.114 e. The maximum atomic E-state index is 16.0. The first-order chi connectivity index (χ1) is 18.5. The molecule has 5 aliphatic carbocycles. The molecule has 0 radical (unpaired) electrons. The van der Waals surface area contributed by atoms with E-state index >= 15 is 4.39 Å². The van der Waals surface area contributed by atoms with Gasteiger partial charge in [0.1, 0.15) is 5.67 Å². The van der Waals surface area contributed by atoms with Crippen molar-refractivity contribution in [3.05, 3.63) is 69.9 Å². The summed E-state index contributed by atoms with van der Waals surface area (Å²) >= 11 is 6.28. The fourth-order valence-corrected chi connectivity index (χ4v) is 8.69. The monoisotopic (exact) mass is 531 g/mol. The van der Waals surface area contributed by atoms with Gasteiger partial charge >= 0.3 is 0 Å². The standard InChI is InChI=1S/C33H39ClFN3/c34-24-12-13-28-30(16-24)38-29-11-5-4-10-27(29)31(28)36-14-6-1-7-15-37-33-19-22-17-32(35,21-33)18-23(20-33)26-9-3-2-8-25(22)26/h2-3,8-9,12-13,16,22-23,37H,1,4-7,10-11,14-15,17-21H2,(H,36,38)/t22-,23?,32?,33?/m0/s1. The van der Waals surface area contributed by atoms with Crippen LogP contribution >= 0.6 is 11.6 Å². The average Bonchev–Trinajstić information content (AvgIpc) is 3.05. The quantitative estimate of drug-likeness (QED) is 0.287. The third-order valence-corrected chi connectivity index (χ3v) is 10.1.